The standard InChI is InChI=1S/C11H20N2O4/c1-11(2,3)17-10(15)13(8-6-7-8)9(14)12(4)16-5/h8H,6-7H2,1-5H3. The lowest BCUT2D eigenvalue weighted by Crippen LogP contribution is -2.47. The van der Waals surface area contributed by atoms with Gasteiger partial charge in [0.1, 0.15) is 5.60 Å². The molecule has 3 amide bonds. The second-order valence-electron chi connectivity index (χ2n) is 5.04. The summed E-state index contributed by atoms with van der Waals surface area (Å²) in [5, 5.41) is 1.02. The molecule has 0 aliphatic heterocycles. The molecule has 98 valence electrons. The molecule has 0 atom stereocenters. The molecular formula is C11H20N2O4. The molecule has 1 saturated carbocycles. The third-order valence-electron chi connectivity index (χ3n) is 2.25. The number of nitrogens with zero attached hydrogens (tertiary/aromatic N) is 2. The van der Waals surface area contributed by atoms with Crippen molar-refractivity contribution in [3.05, 3.63) is 0 Å². The maximum absolute atomic E-state index is 11.9. The van der Waals surface area contributed by atoms with E-state index < -0.39 is 17.7 Å². The Bertz CT molecular complexity index is 307. The molecule has 0 spiro atoms. The normalized spacial score (nSPS) is 15.4. The van der Waals surface area contributed by atoms with Gasteiger partial charge in [-0.15, -0.1) is 0 Å². The van der Waals surface area contributed by atoms with Crippen molar-refractivity contribution in [3.63, 3.8) is 0 Å². The van der Waals surface area contributed by atoms with Gasteiger partial charge in [0.15, 0.2) is 0 Å². The number of hydrogen-bond donors (Lipinski definition) is 0. The van der Waals surface area contributed by atoms with Crippen LogP contribution in [0, 0.1) is 0 Å². The molecule has 6 heteroatoms. The van der Waals surface area contributed by atoms with Crippen LogP contribution in [0.1, 0.15) is 33.6 Å². The fourth-order valence-electron chi connectivity index (χ4n) is 1.26. The van der Waals surface area contributed by atoms with E-state index in [1.54, 1.807) is 20.8 Å². The van der Waals surface area contributed by atoms with Gasteiger partial charge in [-0.2, -0.15) is 0 Å². The van der Waals surface area contributed by atoms with Crippen molar-refractivity contribution < 1.29 is 19.2 Å². The van der Waals surface area contributed by atoms with Crippen LogP contribution in [0.4, 0.5) is 9.59 Å². The second-order valence-corrected chi connectivity index (χ2v) is 5.04. The SMILES string of the molecule is CON(C)C(=O)N(C(=O)OC(C)(C)C)C1CC1. The molecule has 0 radical (unpaired) electrons. The highest BCUT2D eigenvalue weighted by molar-refractivity contribution is 5.91. The summed E-state index contributed by atoms with van der Waals surface area (Å²) < 4.78 is 5.20. The lowest BCUT2D eigenvalue weighted by molar-refractivity contribution is -0.0774. The highest BCUT2D eigenvalue weighted by Crippen LogP contribution is 2.29. The lowest BCUT2D eigenvalue weighted by atomic mass is 10.2. The van der Waals surface area contributed by atoms with Crippen LogP contribution in [0.2, 0.25) is 0 Å². The zero-order chi connectivity index (χ0) is 13.2. The first-order chi connectivity index (χ1) is 7.76. The summed E-state index contributed by atoms with van der Waals surface area (Å²) in [6, 6.07) is -0.556. The van der Waals surface area contributed by atoms with E-state index >= 15 is 0 Å². The fourth-order valence-corrected chi connectivity index (χ4v) is 1.26. The predicted octanol–water partition coefficient (Wildman–Crippen LogP) is 2.00. The monoisotopic (exact) mass is 244 g/mol. The molecule has 1 aliphatic carbocycles. The smallest absolute Gasteiger partial charge is 0.418 e. The maximum atomic E-state index is 11.9. The summed E-state index contributed by atoms with van der Waals surface area (Å²) in [5.41, 5.74) is -0.615. The van der Waals surface area contributed by atoms with Gasteiger partial charge < -0.3 is 4.74 Å². The van der Waals surface area contributed by atoms with Crippen LogP contribution in [-0.4, -0.2) is 47.9 Å². The van der Waals surface area contributed by atoms with Gasteiger partial charge in [0, 0.05) is 13.1 Å². The summed E-state index contributed by atoms with van der Waals surface area (Å²) in [5.74, 6) is 0. The highest BCUT2D eigenvalue weighted by Gasteiger charge is 2.41. The van der Waals surface area contributed by atoms with Crippen molar-refractivity contribution in [2.75, 3.05) is 14.2 Å². The average molecular weight is 244 g/mol. The molecule has 1 rings (SSSR count). The molecule has 0 N–H and O–H groups in total. The van der Waals surface area contributed by atoms with Crippen LogP contribution in [-0.2, 0) is 9.57 Å². The summed E-state index contributed by atoms with van der Waals surface area (Å²) in [6.07, 6.45) is 1.03. The van der Waals surface area contributed by atoms with E-state index in [1.807, 2.05) is 0 Å². The number of hydroxylamine groups is 2. The summed E-state index contributed by atoms with van der Waals surface area (Å²) in [4.78, 5) is 29.7. The van der Waals surface area contributed by atoms with Crippen molar-refractivity contribution in [2.45, 2.75) is 45.3 Å². The van der Waals surface area contributed by atoms with Gasteiger partial charge in [0.05, 0.1) is 7.11 Å². The van der Waals surface area contributed by atoms with E-state index in [-0.39, 0.29) is 6.04 Å². The van der Waals surface area contributed by atoms with Crippen LogP contribution in [0.5, 0.6) is 0 Å². The molecule has 1 fully saturated rings. The Morgan fingerprint density at radius 2 is 1.76 bits per heavy atom. The van der Waals surface area contributed by atoms with E-state index in [0.717, 1.165) is 22.8 Å². The second kappa shape index (κ2) is 4.91. The van der Waals surface area contributed by atoms with Crippen LogP contribution >= 0.6 is 0 Å². The Morgan fingerprint density at radius 1 is 1.24 bits per heavy atom. The van der Waals surface area contributed by atoms with Crippen molar-refractivity contribution in [2.24, 2.45) is 0 Å². The number of ether oxygens (including phenoxy) is 1. The predicted molar refractivity (Wildman–Crippen MR) is 61.3 cm³/mol. The topological polar surface area (TPSA) is 59.1 Å². The molecular weight excluding hydrogens is 224 g/mol. The zero-order valence-electron chi connectivity index (χ0n) is 11.0. The molecule has 1 aliphatic rings. The van der Waals surface area contributed by atoms with E-state index in [4.69, 9.17) is 9.57 Å². The molecule has 0 aromatic heterocycles. The number of imide groups is 1. The molecule has 17 heavy (non-hydrogen) atoms. The Balaban J connectivity index is 2.72. The third-order valence-corrected chi connectivity index (χ3v) is 2.25. The number of urea groups is 1. The highest BCUT2D eigenvalue weighted by atomic mass is 16.7. The van der Waals surface area contributed by atoms with Crippen molar-refractivity contribution in [1.29, 1.82) is 0 Å². The molecule has 0 aromatic rings. The fraction of sp³-hybridized carbons (Fsp3) is 0.818. The van der Waals surface area contributed by atoms with Crippen molar-refractivity contribution >= 4 is 12.1 Å². The van der Waals surface area contributed by atoms with Gasteiger partial charge >= 0.3 is 12.1 Å². The minimum absolute atomic E-state index is 0.0602. The molecule has 0 heterocycles. The van der Waals surface area contributed by atoms with E-state index in [9.17, 15) is 9.59 Å². The van der Waals surface area contributed by atoms with Gasteiger partial charge in [0.2, 0.25) is 0 Å². The Kier molecular flexibility index (Phi) is 3.98. The van der Waals surface area contributed by atoms with E-state index in [2.05, 4.69) is 0 Å². The summed E-state index contributed by atoms with van der Waals surface area (Å²) >= 11 is 0. The minimum atomic E-state index is -0.617. The molecule has 0 saturated heterocycles. The lowest BCUT2D eigenvalue weighted by Gasteiger charge is -2.28. The number of rotatable bonds is 2. The van der Waals surface area contributed by atoms with E-state index in [1.165, 1.54) is 14.2 Å². The summed E-state index contributed by atoms with van der Waals surface area (Å²) in [6.45, 7) is 5.29. The largest absolute Gasteiger partial charge is 0.443 e. The number of carbonyl (C=O) groups excluding carboxylic acids is 2. The van der Waals surface area contributed by atoms with Gasteiger partial charge in [-0.05, 0) is 33.6 Å². The van der Waals surface area contributed by atoms with Gasteiger partial charge in [-0.3, -0.25) is 4.84 Å². The van der Waals surface area contributed by atoms with Gasteiger partial charge in [0.25, 0.3) is 0 Å². The maximum Gasteiger partial charge on any atom is 0.418 e. The average Bonchev–Trinajstić information content (AvgIpc) is 2.98. The number of amides is 3. The van der Waals surface area contributed by atoms with Gasteiger partial charge in [-0.1, -0.05) is 0 Å². The first-order valence-corrected chi connectivity index (χ1v) is 5.60. The van der Waals surface area contributed by atoms with Crippen LogP contribution in [0.25, 0.3) is 0 Å². The number of hydrogen-bond acceptors (Lipinski definition) is 4. The summed E-state index contributed by atoms with van der Waals surface area (Å²) in [7, 11) is 2.83. The molecule has 0 bridgehead atoms. The zero-order valence-corrected chi connectivity index (χ0v) is 11.0. The van der Waals surface area contributed by atoms with Crippen molar-refractivity contribution in [1.82, 2.24) is 9.96 Å². The van der Waals surface area contributed by atoms with Crippen LogP contribution in [0.15, 0.2) is 0 Å². The van der Waals surface area contributed by atoms with Gasteiger partial charge in [-0.25, -0.2) is 19.6 Å². The minimum Gasteiger partial charge on any atom is -0.443 e. The quantitative estimate of drug-likeness (QED) is 0.697. The molecule has 6 nitrogen and oxygen atoms in total. The third kappa shape index (κ3) is 3.89. The molecule has 0 aromatic carbocycles. The first-order valence-electron chi connectivity index (χ1n) is 5.60. The Hall–Kier alpha value is -1.30. The van der Waals surface area contributed by atoms with Crippen molar-refractivity contribution in [3.8, 4) is 0 Å². The number of carbonyl (C=O) groups is 2. The van der Waals surface area contributed by atoms with Crippen LogP contribution < -0.4 is 0 Å². The van der Waals surface area contributed by atoms with Crippen LogP contribution in [0.3, 0.4) is 0 Å². The van der Waals surface area contributed by atoms with E-state index in [0.29, 0.717) is 0 Å². The Labute approximate surface area is 101 Å². The first kappa shape index (κ1) is 13.8. The Morgan fingerprint density at radius 3 is 2.12 bits per heavy atom. The molecule has 0 unspecified atom stereocenters.